The Hall–Kier alpha value is -1.67. The highest BCUT2D eigenvalue weighted by Gasteiger charge is 2.20. The monoisotopic (exact) mass is 286 g/mol. The Kier molecular flexibility index (Phi) is 3.58. The van der Waals surface area contributed by atoms with Gasteiger partial charge in [0.05, 0.1) is 10.7 Å². The smallest absolute Gasteiger partial charge is 0.0662 e. The molecule has 1 aliphatic rings. The maximum absolute atomic E-state index is 6.41. The third kappa shape index (κ3) is 2.61. The number of fused-ring (bicyclic) bond motifs is 1. The zero-order chi connectivity index (χ0) is 14.1. The fourth-order valence-corrected chi connectivity index (χ4v) is 3.24. The summed E-state index contributed by atoms with van der Waals surface area (Å²) >= 11 is 6.41. The number of anilines is 2. The molecule has 2 nitrogen and oxygen atoms in total. The lowest BCUT2D eigenvalue weighted by atomic mass is 10.00. The minimum absolute atomic E-state index is 0.755. The van der Waals surface area contributed by atoms with Crippen LogP contribution in [0.15, 0.2) is 36.4 Å². The van der Waals surface area contributed by atoms with Gasteiger partial charge in [0, 0.05) is 18.8 Å². The van der Waals surface area contributed by atoms with Crippen LogP contribution in [0.3, 0.4) is 0 Å². The van der Waals surface area contributed by atoms with E-state index in [9.17, 15) is 0 Å². The van der Waals surface area contributed by atoms with Crippen molar-refractivity contribution in [3.63, 3.8) is 0 Å². The lowest BCUT2D eigenvalue weighted by Gasteiger charge is -2.32. The molecule has 2 aromatic carbocycles. The van der Waals surface area contributed by atoms with Crippen LogP contribution in [-0.2, 0) is 13.0 Å². The molecule has 104 valence electrons. The zero-order valence-electron chi connectivity index (χ0n) is 11.7. The molecule has 1 aliphatic heterocycles. The molecule has 0 radical (unpaired) electrons. The second kappa shape index (κ2) is 5.37. The first-order valence-electron chi connectivity index (χ1n) is 7.02. The van der Waals surface area contributed by atoms with Crippen molar-refractivity contribution in [2.75, 3.05) is 17.2 Å². The van der Waals surface area contributed by atoms with Gasteiger partial charge in [0.25, 0.3) is 0 Å². The second-order valence-electron chi connectivity index (χ2n) is 5.52. The molecule has 2 aromatic rings. The molecule has 0 aliphatic carbocycles. The number of aryl methyl sites for hydroxylation is 2. The zero-order valence-corrected chi connectivity index (χ0v) is 12.5. The van der Waals surface area contributed by atoms with Gasteiger partial charge < -0.3 is 10.6 Å². The van der Waals surface area contributed by atoms with Crippen LogP contribution >= 0.6 is 11.6 Å². The van der Waals surface area contributed by atoms with Gasteiger partial charge in [-0.25, -0.2) is 0 Å². The van der Waals surface area contributed by atoms with E-state index in [-0.39, 0.29) is 0 Å². The van der Waals surface area contributed by atoms with Gasteiger partial charge in [-0.05, 0) is 43.0 Å². The number of nitrogen functional groups attached to an aromatic ring is 1. The molecule has 1 heterocycles. The number of hydrogen-bond donors (Lipinski definition) is 1. The fraction of sp³-hybridized carbons (Fsp3) is 0.294. The standard InChI is InChI=1S/C17H19ClN2/c1-12-4-6-13(7-5-12)11-20-8-2-3-14-9-15(19)10-16(18)17(14)20/h4-7,9-10H,2-3,8,11,19H2,1H3. The van der Waals surface area contributed by atoms with Gasteiger partial charge in [-0.15, -0.1) is 0 Å². The van der Waals surface area contributed by atoms with E-state index in [4.69, 9.17) is 17.3 Å². The number of hydrogen-bond acceptors (Lipinski definition) is 2. The van der Waals surface area contributed by atoms with Crippen molar-refractivity contribution in [2.24, 2.45) is 0 Å². The van der Waals surface area contributed by atoms with Crippen LogP contribution in [0.1, 0.15) is 23.1 Å². The number of halogens is 1. The predicted molar refractivity (Wildman–Crippen MR) is 86.4 cm³/mol. The number of benzene rings is 2. The van der Waals surface area contributed by atoms with E-state index in [0.717, 1.165) is 42.3 Å². The van der Waals surface area contributed by atoms with Crippen LogP contribution in [-0.4, -0.2) is 6.54 Å². The highest BCUT2D eigenvalue weighted by molar-refractivity contribution is 6.33. The van der Waals surface area contributed by atoms with Gasteiger partial charge in [0.2, 0.25) is 0 Å². The fourth-order valence-electron chi connectivity index (χ4n) is 2.87. The van der Waals surface area contributed by atoms with Gasteiger partial charge >= 0.3 is 0 Å². The van der Waals surface area contributed by atoms with Gasteiger partial charge in [-0.2, -0.15) is 0 Å². The Morgan fingerprint density at radius 3 is 2.70 bits per heavy atom. The summed E-state index contributed by atoms with van der Waals surface area (Å²) in [7, 11) is 0. The first kappa shape index (κ1) is 13.3. The molecule has 0 amide bonds. The molecule has 0 fully saturated rings. The Morgan fingerprint density at radius 1 is 1.20 bits per heavy atom. The molecule has 2 N–H and O–H groups in total. The molecule has 3 heteroatoms. The highest BCUT2D eigenvalue weighted by Crippen LogP contribution is 2.37. The van der Waals surface area contributed by atoms with Crippen molar-refractivity contribution in [3.8, 4) is 0 Å². The largest absolute Gasteiger partial charge is 0.399 e. The minimum atomic E-state index is 0.755. The lowest BCUT2D eigenvalue weighted by molar-refractivity contribution is 0.691. The van der Waals surface area contributed by atoms with E-state index in [2.05, 4.69) is 42.2 Å². The molecule has 0 spiro atoms. The van der Waals surface area contributed by atoms with E-state index in [1.807, 2.05) is 6.07 Å². The predicted octanol–water partition coefficient (Wildman–Crippen LogP) is 4.18. The van der Waals surface area contributed by atoms with Crippen molar-refractivity contribution < 1.29 is 0 Å². The van der Waals surface area contributed by atoms with Crippen LogP contribution in [0, 0.1) is 6.92 Å². The SMILES string of the molecule is Cc1ccc(CN2CCCc3cc(N)cc(Cl)c32)cc1. The molecular formula is C17H19ClN2. The summed E-state index contributed by atoms with van der Waals surface area (Å²) in [6.07, 6.45) is 2.21. The third-order valence-corrected chi connectivity index (χ3v) is 4.14. The summed E-state index contributed by atoms with van der Waals surface area (Å²) in [5.74, 6) is 0. The van der Waals surface area contributed by atoms with Crippen LogP contribution in [0.5, 0.6) is 0 Å². The van der Waals surface area contributed by atoms with Crippen LogP contribution in [0.25, 0.3) is 0 Å². The van der Waals surface area contributed by atoms with E-state index in [1.165, 1.54) is 16.7 Å². The number of nitrogens with two attached hydrogens (primary N) is 1. The van der Waals surface area contributed by atoms with Crippen LogP contribution < -0.4 is 10.6 Å². The maximum atomic E-state index is 6.41. The molecule has 0 saturated heterocycles. The second-order valence-corrected chi connectivity index (χ2v) is 5.93. The lowest BCUT2D eigenvalue weighted by Crippen LogP contribution is -2.29. The van der Waals surface area contributed by atoms with Crippen molar-refractivity contribution in [1.82, 2.24) is 0 Å². The average Bonchev–Trinajstić information content (AvgIpc) is 2.41. The summed E-state index contributed by atoms with van der Waals surface area (Å²) in [4.78, 5) is 2.37. The molecule has 0 bridgehead atoms. The summed E-state index contributed by atoms with van der Waals surface area (Å²) in [5.41, 5.74) is 11.7. The Balaban J connectivity index is 1.92. The van der Waals surface area contributed by atoms with E-state index < -0.39 is 0 Å². The van der Waals surface area contributed by atoms with Gasteiger partial charge in [0.1, 0.15) is 0 Å². The molecular weight excluding hydrogens is 268 g/mol. The minimum Gasteiger partial charge on any atom is -0.399 e. The third-order valence-electron chi connectivity index (χ3n) is 3.85. The van der Waals surface area contributed by atoms with Crippen LogP contribution in [0.4, 0.5) is 11.4 Å². The topological polar surface area (TPSA) is 29.3 Å². The summed E-state index contributed by atoms with van der Waals surface area (Å²) in [6.45, 7) is 4.06. The van der Waals surface area contributed by atoms with E-state index in [0.29, 0.717) is 0 Å². The molecule has 3 rings (SSSR count). The maximum Gasteiger partial charge on any atom is 0.0662 e. The van der Waals surface area contributed by atoms with Crippen molar-refractivity contribution in [2.45, 2.75) is 26.3 Å². The molecule has 0 aromatic heterocycles. The molecule has 0 atom stereocenters. The summed E-state index contributed by atoms with van der Waals surface area (Å²) in [6, 6.07) is 12.6. The molecule has 20 heavy (non-hydrogen) atoms. The van der Waals surface area contributed by atoms with E-state index >= 15 is 0 Å². The number of rotatable bonds is 2. The van der Waals surface area contributed by atoms with E-state index in [1.54, 1.807) is 0 Å². The first-order valence-corrected chi connectivity index (χ1v) is 7.39. The summed E-state index contributed by atoms with van der Waals surface area (Å²) < 4.78 is 0. The van der Waals surface area contributed by atoms with Gasteiger partial charge in [0.15, 0.2) is 0 Å². The van der Waals surface area contributed by atoms with Crippen molar-refractivity contribution in [3.05, 3.63) is 58.1 Å². The molecule has 0 unspecified atom stereocenters. The van der Waals surface area contributed by atoms with Gasteiger partial charge in [-0.1, -0.05) is 41.4 Å². The highest BCUT2D eigenvalue weighted by atomic mass is 35.5. The quantitative estimate of drug-likeness (QED) is 0.839. The van der Waals surface area contributed by atoms with Crippen LogP contribution in [0.2, 0.25) is 5.02 Å². The normalized spacial score (nSPS) is 14.2. The molecule has 0 saturated carbocycles. The van der Waals surface area contributed by atoms with Crippen molar-refractivity contribution in [1.29, 1.82) is 0 Å². The summed E-state index contributed by atoms with van der Waals surface area (Å²) in [5, 5.41) is 0.770. The average molecular weight is 287 g/mol. The Morgan fingerprint density at radius 2 is 1.95 bits per heavy atom. The Bertz CT molecular complexity index is 620. The van der Waals surface area contributed by atoms with Gasteiger partial charge in [-0.3, -0.25) is 0 Å². The van der Waals surface area contributed by atoms with Crippen molar-refractivity contribution >= 4 is 23.0 Å². The Labute approximate surface area is 125 Å². The first-order chi connectivity index (χ1) is 9.63. The number of nitrogens with zero attached hydrogens (tertiary/aromatic N) is 1.